The van der Waals surface area contributed by atoms with Crippen molar-refractivity contribution in [2.75, 3.05) is 33.1 Å². The number of hydrogen-bond acceptors (Lipinski definition) is 5. The number of anilines is 1. The van der Waals surface area contributed by atoms with Gasteiger partial charge in [-0.15, -0.1) is 0 Å². The molecule has 2 aromatic carbocycles. The van der Waals surface area contributed by atoms with E-state index in [2.05, 4.69) is 17.2 Å². The van der Waals surface area contributed by atoms with Gasteiger partial charge < -0.3 is 14.6 Å². The predicted octanol–water partition coefficient (Wildman–Crippen LogP) is 5.39. The molecule has 0 aliphatic rings. The van der Waals surface area contributed by atoms with Crippen molar-refractivity contribution in [2.45, 2.75) is 26.2 Å². The molecule has 11 heteroatoms. The van der Waals surface area contributed by atoms with E-state index in [9.17, 15) is 18.4 Å². The molecule has 2 amide bonds. The largest absolute Gasteiger partial charge is 0.494 e. The minimum absolute atomic E-state index is 0.0309. The number of unbranched alkanes of at least 4 members (excludes halogenated alkanes) is 2. The fourth-order valence-corrected chi connectivity index (χ4v) is 4.11. The van der Waals surface area contributed by atoms with Gasteiger partial charge in [0.15, 0.2) is 17.4 Å². The summed E-state index contributed by atoms with van der Waals surface area (Å²) in [7, 11) is 6.34. The molecule has 198 valence electrons. The summed E-state index contributed by atoms with van der Waals surface area (Å²) in [4.78, 5) is 30.0. The minimum atomic E-state index is -1.13. The summed E-state index contributed by atoms with van der Waals surface area (Å²) < 4.78 is 34.9. The van der Waals surface area contributed by atoms with Crippen LogP contribution in [0.2, 0.25) is 5.02 Å². The highest BCUT2D eigenvalue weighted by atomic mass is 35.5. The molecule has 0 fully saturated rings. The lowest BCUT2D eigenvalue weighted by Gasteiger charge is -2.29. The number of imidazole rings is 1. The Bertz CT molecular complexity index is 1300. The number of rotatable bonds is 10. The summed E-state index contributed by atoms with van der Waals surface area (Å²) >= 11 is 6.41. The van der Waals surface area contributed by atoms with Crippen molar-refractivity contribution in [3.63, 3.8) is 0 Å². The molecule has 3 aromatic rings. The Labute approximate surface area is 219 Å². The Morgan fingerprint density at radius 2 is 1.86 bits per heavy atom. The number of nitrogens with zero attached hydrogens (tertiary/aromatic N) is 4. The first-order valence-electron chi connectivity index (χ1n) is 11.7. The van der Waals surface area contributed by atoms with Gasteiger partial charge in [0.2, 0.25) is 5.82 Å². The molecular formula is C26H30ClF2N5O3. The third-order valence-electron chi connectivity index (χ3n) is 5.88. The van der Waals surface area contributed by atoms with Crippen molar-refractivity contribution >= 4 is 29.1 Å². The lowest BCUT2D eigenvalue weighted by molar-refractivity contribution is 0.0192. The van der Waals surface area contributed by atoms with Gasteiger partial charge in [0, 0.05) is 38.9 Å². The summed E-state index contributed by atoms with van der Waals surface area (Å²) in [6.45, 7) is 2.66. The van der Waals surface area contributed by atoms with Crippen LogP contribution in [0, 0.1) is 11.6 Å². The van der Waals surface area contributed by atoms with Crippen LogP contribution in [-0.2, 0) is 7.05 Å². The van der Waals surface area contributed by atoms with Gasteiger partial charge in [0.25, 0.3) is 11.8 Å². The molecule has 0 bridgehead atoms. The Morgan fingerprint density at radius 1 is 1.14 bits per heavy atom. The number of benzene rings is 2. The van der Waals surface area contributed by atoms with Gasteiger partial charge in [0.1, 0.15) is 0 Å². The summed E-state index contributed by atoms with van der Waals surface area (Å²) in [5.41, 5.74) is 0.791. The smallest absolute Gasteiger partial charge is 0.291 e. The zero-order valence-electron chi connectivity index (χ0n) is 21.4. The fourth-order valence-electron chi connectivity index (χ4n) is 3.85. The van der Waals surface area contributed by atoms with Gasteiger partial charge >= 0.3 is 0 Å². The van der Waals surface area contributed by atoms with Crippen molar-refractivity contribution in [1.82, 2.24) is 19.6 Å². The van der Waals surface area contributed by atoms with E-state index < -0.39 is 17.5 Å². The molecule has 0 saturated heterocycles. The van der Waals surface area contributed by atoms with E-state index in [0.29, 0.717) is 17.8 Å². The van der Waals surface area contributed by atoms with Crippen molar-refractivity contribution < 1.29 is 23.1 Å². The molecule has 0 radical (unpaired) electrons. The van der Waals surface area contributed by atoms with Crippen LogP contribution in [0.5, 0.6) is 5.75 Å². The Hall–Kier alpha value is -3.50. The number of halogens is 3. The normalized spacial score (nSPS) is 11.1. The number of hydrogen-bond donors (Lipinski definition) is 1. The SMILES string of the molecule is CCCCCN(C(=O)c1ccc(NC(=O)c2ncc(-c3ccc(OC)c(F)c3F)n2C)cc1Cl)N(C)C. The molecule has 0 spiro atoms. The molecule has 0 atom stereocenters. The first kappa shape index (κ1) is 28.1. The second-order valence-electron chi connectivity index (χ2n) is 8.60. The molecule has 3 rings (SSSR count). The quantitative estimate of drug-likeness (QED) is 0.279. The maximum Gasteiger partial charge on any atom is 0.291 e. The predicted molar refractivity (Wildman–Crippen MR) is 139 cm³/mol. The number of nitrogens with one attached hydrogen (secondary N) is 1. The molecule has 37 heavy (non-hydrogen) atoms. The molecule has 0 unspecified atom stereocenters. The monoisotopic (exact) mass is 533 g/mol. The second kappa shape index (κ2) is 12.2. The molecule has 0 aliphatic heterocycles. The number of aromatic nitrogens is 2. The third-order valence-corrected chi connectivity index (χ3v) is 6.19. The van der Waals surface area contributed by atoms with Crippen molar-refractivity contribution in [1.29, 1.82) is 0 Å². The molecule has 1 heterocycles. The number of methoxy groups -OCH3 is 1. The zero-order chi connectivity index (χ0) is 27.3. The van der Waals surface area contributed by atoms with E-state index in [4.69, 9.17) is 16.3 Å². The number of carbonyl (C=O) groups excluding carboxylic acids is 2. The Kier molecular flexibility index (Phi) is 9.23. The van der Waals surface area contributed by atoms with Gasteiger partial charge in [-0.2, -0.15) is 4.39 Å². The highest BCUT2D eigenvalue weighted by Crippen LogP contribution is 2.30. The molecule has 0 aliphatic carbocycles. The fraction of sp³-hybridized carbons (Fsp3) is 0.346. The minimum Gasteiger partial charge on any atom is -0.494 e. The first-order chi connectivity index (χ1) is 17.6. The summed E-state index contributed by atoms with van der Waals surface area (Å²) in [5, 5.41) is 6.20. The van der Waals surface area contributed by atoms with Crippen LogP contribution >= 0.6 is 11.6 Å². The van der Waals surface area contributed by atoms with Crippen LogP contribution in [0.1, 0.15) is 47.2 Å². The van der Waals surface area contributed by atoms with E-state index >= 15 is 0 Å². The standard InChI is InChI=1S/C26H30ClF2N5O3/c1-6-7-8-13-34(32(2)3)26(36)17-10-9-16(14-19(17)27)31-25(35)24-30-15-20(33(24)4)18-11-12-21(37-5)23(29)22(18)28/h9-12,14-15H,6-8,13H2,1-5H3,(H,31,35). The lowest BCUT2D eigenvalue weighted by Crippen LogP contribution is -2.42. The van der Waals surface area contributed by atoms with E-state index in [1.54, 1.807) is 36.2 Å². The first-order valence-corrected chi connectivity index (χ1v) is 12.1. The molecule has 8 nitrogen and oxygen atoms in total. The Morgan fingerprint density at radius 3 is 2.49 bits per heavy atom. The summed E-state index contributed by atoms with van der Waals surface area (Å²) in [5.74, 6) is -3.33. The highest BCUT2D eigenvalue weighted by molar-refractivity contribution is 6.34. The molecule has 0 saturated carbocycles. The molecule has 1 aromatic heterocycles. The average Bonchev–Trinajstić information content (AvgIpc) is 3.24. The van der Waals surface area contributed by atoms with Gasteiger partial charge in [-0.05, 0) is 36.8 Å². The van der Waals surface area contributed by atoms with E-state index in [1.807, 2.05) is 0 Å². The topological polar surface area (TPSA) is 79.7 Å². The third kappa shape index (κ3) is 6.08. The summed E-state index contributed by atoms with van der Waals surface area (Å²) in [6, 6.07) is 7.25. The van der Waals surface area contributed by atoms with Crippen molar-refractivity contribution in [2.24, 2.45) is 7.05 Å². The maximum atomic E-state index is 14.6. The molecule has 1 N–H and O–H groups in total. The van der Waals surface area contributed by atoms with Crippen molar-refractivity contribution in [3.05, 3.63) is 64.6 Å². The average molecular weight is 534 g/mol. The van der Waals surface area contributed by atoms with Crippen LogP contribution in [0.25, 0.3) is 11.3 Å². The van der Waals surface area contributed by atoms with Gasteiger partial charge in [-0.1, -0.05) is 31.4 Å². The van der Waals surface area contributed by atoms with E-state index in [0.717, 1.165) is 19.3 Å². The van der Waals surface area contributed by atoms with Crippen molar-refractivity contribution in [3.8, 4) is 17.0 Å². The molecular weight excluding hydrogens is 504 g/mol. The van der Waals surface area contributed by atoms with Crippen LogP contribution in [0.4, 0.5) is 14.5 Å². The van der Waals surface area contributed by atoms with Gasteiger partial charge in [0.05, 0.1) is 29.6 Å². The highest BCUT2D eigenvalue weighted by Gasteiger charge is 2.23. The maximum absolute atomic E-state index is 14.6. The van der Waals surface area contributed by atoms with Crippen LogP contribution in [0.3, 0.4) is 0 Å². The van der Waals surface area contributed by atoms with E-state index in [1.165, 1.54) is 43.1 Å². The van der Waals surface area contributed by atoms with Gasteiger partial charge in [-0.25, -0.2) is 14.4 Å². The number of carbonyl (C=O) groups is 2. The van der Waals surface area contributed by atoms with Crippen LogP contribution in [0.15, 0.2) is 36.5 Å². The Balaban J connectivity index is 1.79. The number of hydrazine groups is 1. The van der Waals surface area contributed by atoms with Crippen LogP contribution < -0.4 is 10.1 Å². The second-order valence-corrected chi connectivity index (χ2v) is 9.01. The summed E-state index contributed by atoms with van der Waals surface area (Å²) in [6.07, 6.45) is 4.19. The number of amides is 2. The van der Waals surface area contributed by atoms with E-state index in [-0.39, 0.29) is 33.8 Å². The lowest BCUT2D eigenvalue weighted by atomic mass is 10.1. The van der Waals surface area contributed by atoms with Gasteiger partial charge in [-0.3, -0.25) is 14.6 Å². The number of ether oxygens (including phenoxy) is 1. The zero-order valence-corrected chi connectivity index (χ0v) is 22.2. The van der Waals surface area contributed by atoms with Crippen LogP contribution in [-0.4, -0.2) is 59.1 Å².